The lowest BCUT2D eigenvalue weighted by Gasteiger charge is -2.43. The number of aliphatic hydroxyl groups is 1. The van der Waals surface area contributed by atoms with Gasteiger partial charge in [0.15, 0.2) is 0 Å². The minimum absolute atomic E-state index is 0.0272. The summed E-state index contributed by atoms with van der Waals surface area (Å²) < 4.78 is 53.3. The summed E-state index contributed by atoms with van der Waals surface area (Å²) in [5.74, 6) is -2.75. The molecule has 37 heavy (non-hydrogen) atoms. The average Bonchev–Trinajstić information content (AvgIpc) is 3.25. The highest BCUT2D eigenvalue weighted by atomic mass is 19.3. The van der Waals surface area contributed by atoms with Crippen LogP contribution in [0.2, 0.25) is 0 Å². The van der Waals surface area contributed by atoms with Crippen LogP contribution in [0.1, 0.15) is 37.1 Å². The Bertz CT molecular complexity index is 1120. The quantitative estimate of drug-likeness (QED) is 0.319. The second-order valence-corrected chi connectivity index (χ2v) is 9.82. The van der Waals surface area contributed by atoms with E-state index in [1.807, 2.05) is 43.3 Å². The van der Waals surface area contributed by atoms with E-state index >= 15 is 0 Å². The third-order valence-electron chi connectivity index (χ3n) is 7.00. The number of hydrogen-bond donors (Lipinski definition) is 4. The highest BCUT2D eigenvalue weighted by Crippen LogP contribution is 2.44. The van der Waals surface area contributed by atoms with E-state index < -0.39 is 31.3 Å². The average molecular weight is 523 g/mol. The highest BCUT2D eigenvalue weighted by Gasteiger charge is 2.44. The Balaban J connectivity index is 1.69. The number of rotatable bonds is 12. The van der Waals surface area contributed by atoms with Crippen molar-refractivity contribution in [2.75, 3.05) is 40.1 Å². The summed E-state index contributed by atoms with van der Waals surface area (Å²) in [7, 11) is 1.55. The van der Waals surface area contributed by atoms with Gasteiger partial charge in [-0.2, -0.15) is 0 Å². The Hall–Kier alpha value is -2.37. The number of aliphatic hydroxyl groups excluding tert-OH is 1. The number of nitrogens with zero attached hydrogens (tertiary/aromatic N) is 1. The van der Waals surface area contributed by atoms with Gasteiger partial charge in [-0.25, -0.2) is 8.78 Å². The number of nitrogens with two attached hydrogens (primary N) is 1. The van der Waals surface area contributed by atoms with E-state index in [1.54, 1.807) is 7.11 Å². The summed E-state index contributed by atoms with van der Waals surface area (Å²) in [6.07, 6.45) is 4.23. The summed E-state index contributed by atoms with van der Waals surface area (Å²) in [6.45, 7) is 0.596. The second-order valence-electron chi connectivity index (χ2n) is 9.82. The van der Waals surface area contributed by atoms with Gasteiger partial charge < -0.3 is 30.6 Å². The third-order valence-corrected chi connectivity index (χ3v) is 7.00. The van der Waals surface area contributed by atoms with Crippen molar-refractivity contribution in [3.63, 3.8) is 0 Å². The smallest absolute Gasteiger partial charge is 0.283 e. The monoisotopic (exact) mass is 522 g/mol. The van der Waals surface area contributed by atoms with E-state index in [-0.39, 0.29) is 18.8 Å². The van der Waals surface area contributed by atoms with Gasteiger partial charge in [-0.3, -0.25) is 9.29 Å². The molecule has 2 aromatic rings. The van der Waals surface area contributed by atoms with Gasteiger partial charge in [-0.15, -0.1) is 0 Å². The van der Waals surface area contributed by atoms with E-state index in [0.29, 0.717) is 43.7 Å². The fraction of sp³-hybridized carbons (Fsp3) is 0.556. The summed E-state index contributed by atoms with van der Waals surface area (Å²) in [4.78, 5) is 4.98. The van der Waals surface area contributed by atoms with Crippen molar-refractivity contribution in [2.45, 2.75) is 56.5 Å². The number of hydrogen-bond acceptors (Lipinski definition) is 6. The summed E-state index contributed by atoms with van der Waals surface area (Å²) >= 11 is 0. The van der Waals surface area contributed by atoms with Crippen molar-refractivity contribution < 1.29 is 27.8 Å². The van der Waals surface area contributed by atoms with Gasteiger partial charge in [0.05, 0.1) is 45.2 Å². The van der Waals surface area contributed by atoms with Crippen LogP contribution in [-0.4, -0.2) is 79.3 Å². The minimum Gasteiger partial charge on any atom is -0.497 e. The molecule has 7 nitrogen and oxygen atoms in total. The number of halogens is 3. The van der Waals surface area contributed by atoms with Gasteiger partial charge in [-0.05, 0) is 50.1 Å². The number of para-hydroxylation sites is 1. The molecule has 0 fully saturated rings. The molecule has 1 aromatic heterocycles. The van der Waals surface area contributed by atoms with Gasteiger partial charge in [0.1, 0.15) is 12.4 Å². The van der Waals surface area contributed by atoms with Crippen molar-refractivity contribution in [1.29, 1.82) is 0 Å². The van der Waals surface area contributed by atoms with Crippen LogP contribution in [-0.2, 0) is 15.9 Å². The first-order chi connectivity index (χ1) is 17.8. The van der Waals surface area contributed by atoms with Gasteiger partial charge in [0.25, 0.3) is 5.92 Å². The van der Waals surface area contributed by atoms with Crippen molar-refractivity contribution in [2.24, 2.45) is 5.73 Å². The first-order valence-corrected chi connectivity index (χ1v) is 12.7. The van der Waals surface area contributed by atoms with Gasteiger partial charge >= 0.3 is 0 Å². The van der Waals surface area contributed by atoms with Gasteiger partial charge in [0.2, 0.25) is 0 Å². The molecule has 10 heteroatoms. The Morgan fingerprint density at radius 1 is 1.32 bits per heavy atom. The molecule has 4 rings (SSSR count). The van der Waals surface area contributed by atoms with Crippen molar-refractivity contribution in [3.8, 4) is 0 Å². The lowest BCUT2D eigenvalue weighted by atomic mass is 9.86. The molecule has 204 valence electrons. The Morgan fingerprint density at radius 2 is 2.11 bits per heavy atom. The van der Waals surface area contributed by atoms with Crippen LogP contribution in [0.15, 0.2) is 47.7 Å². The lowest BCUT2D eigenvalue weighted by molar-refractivity contribution is -0.0881. The van der Waals surface area contributed by atoms with Crippen LogP contribution < -0.4 is 11.1 Å². The molecule has 1 aromatic carbocycles. The van der Waals surface area contributed by atoms with Crippen molar-refractivity contribution in [3.05, 3.63) is 59.0 Å². The molecule has 0 saturated heterocycles. The molecule has 0 amide bonds. The van der Waals surface area contributed by atoms with Crippen LogP contribution in [0.4, 0.5) is 13.2 Å². The Labute approximate surface area is 215 Å². The predicted molar refractivity (Wildman–Crippen MR) is 137 cm³/mol. The molecule has 0 saturated carbocycles. The number of methoxy groups -OCH3 is 1. The molecular formula is C27H37F3N4O3. The Kier molecular flexibility index (Phi) is 8.97. The van der Waals surface area contributed by atoms with E-state index in [0.717, 1.165) is 22.2 Å². The van der Waals surface area contributed by atoms with Crippen molar-refractivity contribution in [1.82, 2.24) is 15.2 Å². The number of nitrogens with one attached hydrogen (secondary N) is 2. The zero-order valence-corrected chi connectivity index (χ0v) is 21.4. The summed E-state index contributed by atoms with van der Waals surface area (Å²) in [6, 6.07) is 7.19. The number of benzene rings is 1. The first kappa shape index (κ1) is 27.7. The number of alkyl halides is 3. The van der Waals surface area contributed by atoms with Gasteiger partial charge in [-0.1, -0.05) is 18.2 Å². The van der Waals surface area contributed by atoms with E-state index in [9.17, 15) is 18.3 Å². The molecule has 2 heterocycles. The van der Waals surface area contributed by atoms with Gasteiger partial charge in [0, 0.05) is 34.6 Å². The maximum Gasteiger partial charge on any atom is 0.283 e. The van der Waals surface area contributed by atoms with E-state index in [2.05, 4.69) is 10.3 Å². The lowest BCUT2D eigenvalue weighted by Crippen LogP contribution is -2.54. The number of aromatic nitrogens is 1. The second kappa shape index (κ2) is 12.0. The summed E-state index contributed by atoms with van der Waals surface area (Å²) in [5, 5.41) is 13.6. The number of aromatic amines is 1. The fourth-order valence-electron chi connectivity index (χ4n) is 5.19. The zero-order valence-electron chi connectivity index (χ0n) is 21.4. The first-order valence-electron chi connectivity index (χ1n) is 12.7. The number of fused-ring (bicyclic) bond motifs is 3. The number of H-pyrrole nitrogens is 1. The topological polar surface area (TPSA) is 95.8 Å². The molecule has 0 bridgehead atoms. The highest BCUT2D eigenvalue weighted by molar-refractivity contribution is 5.85. The predicted octanol–water partition coefficient (Wildman–Crippen LogP) is 3.56. The molecule has 4 atom stereocenters. The normalized spacial score (nSPS) is 23.5. The zero-order chi connectivity index (χ0) is 26.6. The molecule has 1 aliphatic heterocycles. The third kappa shape index (κ3) is 6.21. The Morgan fingerprint density at radius 3 is 2.84 bits per heavy atom. The van der Waals surface area contributed by atoms with Crippen LogP contribution in [0.5, 0.6) is 0 Å². The largest absolute Gasteiger partial charge is 0.497 e. The van der Waals surface area contributed by atoms with Crippen LogP contribution >= 0.6 is 0 Å². The van der Waals surface area contributed by atoms with Crippen LogP contribution in [0.25, 0.3) is 10.9 Å². The molecule has 0 spiro atoms. The molecule has 1 unspecified atom stereocenters. The standard InChI is InChI=1S/C27H37F3N4O3/c1-17(32-11-5-10-28)14-37-18-8-9-23(36-2)21(12-18)26-25-20(19-6-3-4-7-22(19)33-25)13-24(31)34(26)15-27(29,30)16-35/h3-4,6-7,9,12,17-18,24,26,32-33,35H,5,8,10-11,13-16,31H2,1-2H3/t17-,18?,24+,26-/m1/s1. The maximum absolute atomic E-state index is 14.5. The molecule has 2 aliphatic rings. The van der Waals surface area contributed by atoms with E-state index in [4.69, 9.17) is 15.2 Å². The maximum atomic E-state index is 14.5. The van der Waals surface area contributed by atoms with Crippen LogP contribution in [0.3, 0.4) is 0 Å². The molecule has 0 radical (unpaired) electrons. The SMILES string of the molecule is COC1=CCC(OC[C@@H](C)NCCCF)C=C1[C@@H]1c2[nH]c3ccccc3c2C[C@@H](N)N1CC(F)(F)CO. The molecular weight excluding hydrogens is 485 g/mol. The molecule has 5 N–H and O–H groups in total. The molecule has 1 aliphatic carbocycles. The van der Waals surface area contributed by atoms with Crippen molar-refractivity contribution >= 4 is 10.9 Å². The fourth-order valence-corrected chi connectivity index (χ4v) is 5.19. The number of ether oxygens (including phenoxy) is 2. The van der Waals surface area contributed by atoms with Crippen LogP contribution in [0, 0.1) is 0 Å². The summed E-state index contributed by atoms with van der Waals surface area (Å²) in [5.41, 5.74) is 9.89. The van der Waals surface area contributed by atoms with E-state index in [1.165, 1.54) is 4.90 Å². The minimum atomic E-state index is -3.33.